The van der Waals surface area contributed by atoms with Crippen LogP contribution in [-0.2, 0) is 18.3 Å². The van der Waals surface area contributed by atoms with E-state index in [9.17, 15) is 9.59 Å². The van der Waals surface area contributed by atoms with Crippen LogP contribution in [0.4, 0.5) is 0 Å². The molecule has 0 radical (unpaired) electrons. The lowest BCUT2D eigenvalue weighted by Gasteiger charge is -2.05. The number of aromatic nitrogens is 2. The molecule has 1 rings (SSSR count). The number of carbonyl (C=O) groups is 1. The van der Waals surface area contributed by atoms with Gasteiger partial charge in [0.25, 0.3) is 5.56 Å². The first-order chi connectivity index (χ1) is 6.61. The number of rotatable bonds is 2. The number of ether oxygens (including phenoxy) is 1. The fraction of sp³-hybridized carbons (Fsp3) is 0.375. The van der Waals surface area contributed by atoms with Crippen LogP contribution >= 0.6 is 0 Å². The number of hydrogen-bond acceptors (Lipinski definition) is 5. The van der Waals surface area contributed by atoms with Gasteiger partial charge in [-0.25, -0.2) is 9.78 Å². The highest BCUT2D eigenvalue weighted by molar-refractivity contribution is 5.88. The average molecular weight is 197 g/mol. The summed E-state index contributed by atoms with van der Waals surface area (Å²) in [4.78, 5) is 26.5. The zero-order valence-electron chi connectivity index (χ0n) is 7.98. The van der Waals surface area contributed by atoms with Crippen molar-refractivity contribution in [1.82, 2.24) is 9.55 Å². The van der Waals surface area contributed by atoms with E-state index in [0.717, 1.165) is 0 Å². The minimum Gasteiger partial charge on any atom is -0.465 e. The predicted octanol–water partition coefficient (Wildman–Crippen LogP) is -0.974. The van der Waals surface area contributed by atoms with Crippen LogP contribution in [0.15, 0.2) is 11.0 Å². The monoisotopic (exact) mass is 197 g/mol. The molecule has 0 saturated carbocycles. The Kier molecular flexibility index (Phi) is 2.98. The Labute approximate surface area is 80.3 Å². The Morgan fingerprint density at radius 2 is 2.36 bits per heavy atom. The van der Waals surface area contributed by atoms with E-state index in [4.69, 9.17) is 5.73 Å². The number of esters is 1. The molecule has 0 aliphatic heterocycles. The van der Waals surface area contributed by atoms with E-state index in [1.165, 1.54) is 24.9 Å². The van der Waals surface area contributed by atoms with Gasteiger partial charge in [0.15, 0.2) is 0 Å². The normalized spacial score (nSPS) is 9.93. The number of nitrogens with zero attached hydrogens (tertiary/aromatic N) is 2. The van der Waals surface area contributed by atoms with Crippen molar-refractivity contribution in [2.45, 2.75) is 6.54 Å². The quantitative estimate of drug-likeness (QED) is 0.616. The van der Waals surface area contributed by atoms with Crippen LogP contribution in [0.1, 0.15) is 16.2 Å². The molecule has 2 N–H and O–H groups in total. The third-order valence-electron chi connectivity index (χ3n) is 1.85. The number of nitrogens with two attached hydrogens (primary N) is 1. The second-order valence-electron chi connectivity index (χ2n) is 2.65. The van der Waals surface area contributed by atoms with Gasteiger partial charge in [0.05, 0.1) is 13.7 Å². The summed E-state index contributed by atoms with van der Waals surface area (Å²) in [5.74, 6) is -0.274. The molecule has 0 bridgehead atoms. The molecule has 1 aromatic rings. The summed E-state index contributed by atoms with van der Waals surface area (Å²) in [6.07, 6.45) is 1.18. The first kappa shape index (κ1) is 10.4. The van der Waals surface area contributed by atoms with Crippen molar-refractivity contribution in [3.05, 3.63) is 27.9 Å². The maximum Gasteiger partial charge on any atom is 0.345 e. The van der Waals surface area contributed by atoms with Crippen molar-refractivity contribution in [3.8, 4) is 0 Å². The van der Waals surface area contributed by atoms with E-state index >= 15 is 0 Å². The molecule has 0 fully saturated rings. The molecule has 1 aromatic heterocycles. The second kappa shape index (κ2) is 4.01. The average Bonchev–Trinajstić information content (AvgIpc) is 2.21. The zero-order chi connectivity index (χ0) is 10.7. The Bertz CT molecular complexity index is 411. The molecule has 76 valence electrons. The minimum absolute atomic E-state index is 0.0906. The van der Waals surface area contributed by atoms with Crippen molar-refractivity contribution >= 4 is 5.97 Å². The topological polar surface area (TPSA) is 87.2 Å². The first-order valence-corrected chi connectivity index (χ1v) is 3.95. The standard InChI is InChI=1S/C8H11N3O3/c1-11-6(3-9)10-4-5(7(11)12)8(13)14-2/h4H,3,9H2,1-2H3. The maximum absolute atomic E-state index is 11.5. The highest BCUT2D eigenvalue weighted by atomic mass is 16.5. The Hall–Kier alpha value is -1.69. The van der Waals surface area contributed by atoms with Gasteiger partial charge in [-0.15, -0.1) is 0 Å². The molecular formula is C8H11N3O3. The van der Waals surface area contributed by atoms with Crippen molar-refractivity contribution < 1.29 is 9.53 Å². The van der Waals surface area contributed by atoms with Crippen LogP contribution in [0.2, 0.25) is 0 Å². The number of methoxy groups -OCH3 is 1. The minimum atomic E-state index is -0.693. The molecule has 0 unspecified atom stereocenters. The fourth-order valence-corrected chi connectivity index (χ4v) is 1.02. The SMILES string of the molecule is COC(=O)c1cnc(CN)n(C)c1=O. The van der Waals surface area contributed by atoms with Gasteiger partial charge >= 0.3 is 5.97 Å². The Morgan fingerprint density at radius 3 is 2.86 bits per heavy atom. The van der Waals surface area contributed by atoms with Gasteiger partial charge in [-0.05, 0) is 0 Å². The van der Waals surface area contributed by atoms with Crippen molar-refractivity contribution in [1.29, 1.82) is 0 Å². The van der Waals surface area contributed by atoms with E-state index in [0.29, 0.717) is 5.82 Å². The van der Waals surface area contributed by atoms with Gasteiger partial charge in [-0.2, -0.15) is 0 Å². The van der Waals surface area contributed by atoms with Gasteiger partial charge in [0.1, 0.15) is 11.4 Å². The molecule has 0 spiro atoms. The van der Waals surface area contributed by atoms with Crippen LogP contribution in [0, 0.1) is 0 Å². The van der Waals surface area contributed by atoms with Crippen molar-refractivity contribution in [2.75, 3.05) is 7.11 Å². The summed E-state index contributed by atoms with van der Waals surface area (Å²) in [7, 11) is 2.71. The van der Waals surface area contributed by atoms with Gasteiger partial charge in [0, 0.05) is 13.2 Å². The van der Waals surface area contributed by atoms with Crippen LogP contribution in [0.25, 0.3) is 0 Å². The summed E-state index contributed by atoms with van der Waals surface area (Å²) >= 11 is 0. The van der Waals surface area contributed by atoms with Crippen LogP contribution in [0.5, 0.6) is 0 Å². The molecule has 0 aromatic carbocycles. The van der Waals surface area contributed by atoms with E-state index in [-0.39, 0.29) is 12.1 Å². The predicted molar refractivity (Wildman–Crippen MR) is 48.7 cm³/mol. The highest BCUT2D eigenvalue weighted by Gasteiger charge is 2.13. The lowest BCUT2D eigenvalue weighted by molar-refractivity contribution is 0.0597. The molecule has 0 aliphatic carbocycles. The fourth-order valence-electron chi connectivity index (χ4n) is 1.02. The number of carbonyl (C=O) groups excluding carboxylic acids is 1. The van der Waals surface area contributed by atoms with Crippen LogP contribution < -0.4 is 11.3 Å². The Balaban J connectivity index is 3.31. The van der Waals surface area contributed by atoms with Gasteiger partial charge in [-0.1, -0.05) is 0 Å². The molecule has 0 atom stereocenters. The second-order valence-corrected chi connectivity index (χ2v) is 2.65. The van der Waals surface area contributed by atoms with E-state index in [1.54, 1.807) is 0 Å². The summed E-state index contributed by atoms with van der Waals surface area (Å²) in [6, 6.07) is 0. The lowest BCUT2D eigenvalue weighted by atomic mass is 10.3. The molecule has 1 heterocycles. The largest absolute Gasteiger partial charge is 0.465 e. The van der Waals surface area contributed by atoms with Crippen molar-refractivity contribution in [3.63, 3.8) is 0 Å². The third kappa shape index (κ3) is 1.64. The van der Waals surface area contributed by atoms with Gasteiger partial charge < -0.3 is 10.5 Å². The molecule has 0 amide bonds. The zero-order valence-corrected chi connectivity index (χ0v) is 7.98. The summed E-state index contributed by atoms with van der Waals surface area (Å²) in [6.45, 7) is 0.146. The van der Waals surface area contributed by atoms with E-state index in [1.807, 2.05) is 0 Å². The highest BCUT2D eigenvalue weighted by Crippen LogP contribution is 1.94. The number of hydrogen-bond donors (Lipinski definition) is 1. The summed E-state index contributed by atoms with van der Waals surface area (Å²) < 4.78 is 5.65. The van der Waals surface area contributed by atoms with E-state index < -0.39 is 11.5 Å². The molecular weight excluding hydrogens is 186 g/mol. The van der Waals surface area contributed by atoms with Crippen LogP contribution in [0.3, 0.4) is 0 Å². The molecule has 0 saturated heterocycles. The smallest absolute Gasteiger partial charge is 0.345 e. The first-order valence-electron chi connectivity index (χ1n) is 3.95. The van der Waals surface area contributed by atoms with Crippen molar-refractivity contribution in [2.24, 2.45) is 12.8 Å². The molecule has 0 aliphatic rings. The van der Waals surface area contributed by atoms with Crippen LogP contribution in [-0.4, -0.2) is 22.6 Å². The summed E-state index contributed by atoms with van der Waals surface area (Å²) in [5, 5.41) is 0. The van der Waals surface area contributed by atoms with Gasteiger partial charge in [-0.3, -0.25) is 9.36 Å². The van der Waals surface area contributed by atoms with E-state index in [2.05, 4.69) is 9.72 Å². The summed E-state index contributed by atoms with van der Waals surface area (Å²) in [5.41, 5.74) is 4.80. The van der Waals surface area contributed by atoms with Gasteiger partial charge in [0.2, 0.25) is 0 Å². The molecule has 14 heavy (non-hydrogen) atoms. The molecule has 6 heteroatoms. The maximum atomic E-state index is 11.5. The lowest BCUT2D eigenvalue weighted by Crippen LogP contribution is -2.29. The Morgan fingerprint density at radius 1 is 1.71 bits per heavy atom. The molecule has 6 nitrogen and oxygen atoms in total. The third-order valence-corrected chi connectivity index (χ3v) is 1.85.